The van der Waals surface area contributed by atoms with Crippen LogP contribution >= 0.6 is 0 Å². The van der Waals surface area contributed by atoms with Gasteiger partial charge in [0.1, 0.15) is 0 Å². The normalized spacial score (nSPS) is 35.5. The van der Waals surface area contributed by atoms with Gasteiger partial charge in [0.15, 0.2) is 0 Å². The van der Waals surface area contributed by atoms with Gasteiger partial charge in [-0.25, -0.2) is 9.59 Å². The predicted octanol–water partition coefficient (Wildman–Crippen LogP) is 3.31. The lowest BCUT2D eigenvalue weighted by Crippen LogP contribution is -2.51. The first-order valence-electron chi connectivity index (χ1n) is 10.3. The minimum absolute atomic E-state index is 0.135. The zero-order valence-corrected chi connectivity index (χ0v) is 15.8. The molecule has 1 heterocycles. The Hall–Kier alpha value is -2.37. The third-order valence-corrected chi connectivity index (χ3v) is 7.03. The van der Waals surface area contributed by atoms with E-state index < -0.39 is 18.0 Å². The van der Waals surface area contributed by atoms with Gasteiger partial charge in [0.05, 0.1) is 17.6 Å². The van der Waals surface area contributed by atoms with E-state index >= 15 is 0 Å². The molecule has 1 amide bonds. The number of anilines is 1. The molecule has 4 aliphatic carbocycles. The minimum atomic E-state index is -0.817. The predicted molar refractivity (Wildman–Crippen MR) is 100 cm³/mol. The van der Waals surface area contributed by atoms with Gasteiger partial charge >= 0.3 is 11.9 Å². The summed E-state index contributed by atoms with van der Waals surface area (Å²) in [6, 6.07) is 6.69. The van der Waals surface area contributed by atoms with Gasteiger partial charge in [0.2, 0.25) is 12.0 Å². The van der Waals surface area contributed by atoms with E-state index in [0.717, 1.165) is 37.0 Å². The number of cyclic esters (lactones) is 1. The first kappa shape index (κ1) is 17.7. The van der Waals surface area contributed by atoms with Crippen molar-refractivity contribution < 1.29 is 23.9 Å². The fraction of sp³-hybridized carbons (Fsp3) is 0.591. The number of amides is 1. The molecule has 28 heavy (non-hydrogen) atoms. The van der Waals surface area contributed by atoms with Crippen LogP contribution in [-0.2, 0) is 19.1 Å². The molecule has 0 unspecified atom stereocenters. The number of carbonyl (C=O) groups is 3. The zero-order chi connectivity index (χ0) is 19.3. The first-order chi connectivity index (χ1) is 13.5. The van der Waals surface area contributed by atoms with E-state index in [2.05, 4.69) is 5.32 Å². The molecule has 5 aliphatic rings. The topological polar surface area (TPSA) is 81.7 Å². The highest BCUT2D eigenvalue weighted by atomic mass is 16.6. The van der Waals surface area contributed by atoms with Gasteiger partial charge in [-0.1, -0.05) is 0 Å². The maximum absolute atomic E-state index is 13.1. The van der Waals surface area contributed by atoms with E-state index in [1.165, 1.54) is 19.3 Å². The Balaban J connectivity index is 1.23. The molecule has 1 N–H and O–H groups in total. The van der Waals surface area contributed by atoms with Crippen molar-refractivity contribution in [2.24, 2.45) is 23.2 Å². The molecule has 1 saturated heterocycles. The highest BCUT2D eigenvalue weighted by molar-refractivity contribution is 5.97. The summed E-state index contributed by atoms with van der Waals surface area (Å²) in [7, 11) is 0. The van der Waals surface area contributed by atoms with Crippen molar-refractivity contribution in [1.29, 1.82) is 0 Å². The molecule has 6 rings (SSSR count). The number of hydrogen-bond acceptors (Lipinski definition) is 5. The lowest BCUT2D eigenvalue weighted by molar-refractivity contribution is -0.145. The fourth-order valence-corrected chi connectivity index (χ4v) is 6.12. The van der Waals surface area contributed by atoms with Gasteiger partial charge in [-0.05, 0) is 80.5 Å². The third kappa shape index (κ3) is 3.09. The SMILES string of the molecule is O=C(O[C@@H]1CCOC1=O)c1ccc(NC(=O)C23CC4CC(CC(C4)C2)C3)cc1. The summed E-state index contributed by atoms with van der Waals surface area (Å²) in [5.74, 6) is 1.25. The summed E-state index contributed by atoms with van der Waals surface area (Å²) in [5, 5.41) is 3.08. The Morgan fingerprint density at radius 2 is 1.61 bits per heavy atom. The van der Waals surface area contributed by atoms with Gasteiger partial charge in [0.25, 0.3) is 0 Å². The molecule has 1 atom stereocenters. The number of nitrogens with one attached hydrogen (secondary N) is 1. The van der Waals surface area contributed by atoms with Crippen LogP contribution in [0.4, 0.5) is 5.69 Å². The largest absolute Gasteiger partial charge is 0.463 e. The van der Waals surface area contributed by atoms with Crippen LogP contribution in [0.2, 0.25) is 0 Å². The molecule has 6 heteroatoms. The van der Waals surface area contributed by atoms with Gasteiger partial charge in [-0.2, -0.15) is 0 Å². The third-order valence-electron chi connectivity index (χ3n) is 7.03. The van der Waals surface area contributed by atoms with Crippen LogP contribution < -0.4 is 5.32 Å². The van der Waals surface area contributed by atoms with Crippen molar-refractivity contribution >= 4 is 23.5 Å². The Labute approximate surface area is 164 Å². The highest BCUT2D eigenvalue weighted by Gasteiger charge is 2.54. The minimum Gasteiger partial charge on any atom is -0.463 e. The van der Waals surface area contributed by atoms with Crippen LogP contribution in [-0.4, -0.2) is 30.6 Å². The van der Waals surface area contributed by atoms with Crippen molar-refractivity contribution in [3.63, 3.8) is 0 Å². The Morgan fingerprint density at radius 3 is 2.14 bits per heavy atom. The van der Waals surface area contributed by atoms with Crippen LogP contribution in [0.15, 0.2) is 24.3 Å². The van der Waals surface area contributed by atoms with Gasteiger partial charge < -0.3 is 14.8 Å². The maximum atomic E-state index is 13.1. The van der Waals surface area contributed by atoms with Crippen molar-refractivity contribution in [1.82, 2.24) is 0 Å². The molecular weight excluding hydrogens is 358 g/mol. The van der Waals surface area contributed by atoms with Crippen LogP contribution in [0.25, 0.3) is 0 Å². The number of hydrogen-bond donors (Lipinski definition) is 1. The molecule has 4 bridgehead atoms. The van der Waals surface area contributed by atoms with E-state index in [9.17, 15) is 14.4 Å². The summed E-state index contributed by atoms with van der Waals surface area (Å²) in [6.07, 6.45) is 6.55. The van der Waals surface area contributed by atoms with Crippen molar-refractivity contribution in [3.05, 3.63) is 29.8 Å². The maximum Gasteiger partial charge on any atom is 0.347 e. The molecule has 0 spiro atoms. The second kappa shape index (κ2) is 6.61. The van der Waals surface area contributed by atoms with Crippen molar-refractivity contribution in [3.8, 4) is 0 Å². The quantitative estimate of drug-likeness (QED) is 0.807. The Bertz CT molecular complexity index is 779. The molecule has 5 fully saturated rings. The lowest BCUT2D eigenvalue weighted by atomic mass is 9.49. The number of carbonyl (C=O) groups excluding carboxylic acids is 3. The smallest absolute Gasteiger partial charge is 0.347 e. The van der Waals surface area contributed by atoms with Crippen LogP contribution in [0.1, 0.15) is 55.3 Å². The molecule has 4 saturated carbocycles. The van der Waals surface area contributed by atoms with E-state index in [1.807, 2.05) is 0 Å². The van der Waals surface area contributed by atoms with Crippen LogP contribution in [0.3, 0.4) is 0 Å². The summed E-state index contributed by atoms with van der Waals surface area (Å²) in [5.41, 5.74) is 0.847. The molecule has 1 aromatic carbocycles. The van der Waals surface area contributed by atoms with Gasteiger partial charge in [-0.15, -0.1) is 0 Å². The van der Waals surface area contributed by atoms with Gasteiger partial charge in [0, 0.05) is 12.1 Å². The van der Waals surface area contributed by atoms with Crippen LogP contribution in [0.5, 0.6) is 0 Å². The van der Waals surface area contributed by atoms with E-state index in [-0.39, 0.29) is 17.9 Å². The van der Waals surface area contributed by atoms with E-state index in [4.69, 9.17) is 9.47 Å². The average Bonchev–Trinajstić information content (AvgIpc) is 3.06. The lowest BCUT2D eigenvalue weighted by Gasteiger charge is -2.55. The first-order valence-corrected chi connectivity index (χ1v) is 10.3. The second-order valence-corrected chi connectivity index (χ2v) is 9.08. The summed E-state index contributed by atoms with van der Waals surface area (Å²) in [4.78, 5) is 36.7. The standard InChI is InChI=1S/C22H25NO5/c24-19(28-18-5-6-27-20(18)25)16-1-3-17(4-2-16)23-21(26)22-10-13-7-14(11-22)9-15(8-13)12-22/h1-4,13-15,18H,5-12H2,(H,23,26)/t13?,14?,15?,18-,22?/m1/s1. The molecule has 148 valence electrons. The number of rotatable bonds is 4. The Morgan fingerprint density at radius 1 is 1.00 bits per heavy atom. The number of esters is 2. The fourth-order valence-electron chi connectivity index (χ4n) is 6.12. The average molecular weight is 383 g/mol. The van der Waals surface area contributed by atoms with Gasteiger partial charge in [-0.3, -0.25) is 4.79 Å². The molecule has 1 aliphatic heterocycles. The Kier molecular flexibility index (Phi) is 4.18. The van der Waals surface area contributed by atoms with Crippen LogP contribution in [0, 0.1) is 23.2 Å². The molecule has 1 aromatic rings. The molecule has 0 radical (unpaired) electrons. The second-order valence-electron chi connectivity index (χ2n) is 9.08. The number of benzene rings is 1. The number of ether oxygens (including phenoxy) is 2. The summed E-state index contributed by atoms with van der Waals surface area (Å²) < 4.78 is 10.00. The molecule has 6 nitrogen and oxygen atoms in total. The summed E-state index contributed by atoms with van der Waals surface area (Å²) >= 11 is 0. The zero-order valence-electron chi connectivity index (χ0n) is 15.8. The van der Waals surface area contributed by atoms with Crippen molar-refractivity contribution in [2.45, 2.75) is 51.0 Å². The molecule has 0 aromatic heterocycles. The van der Waals surface area contributed by atoms with E-state index in [1.54, 1.807) is 24.3 Å². The molecular formula is C22H25NO5. The monoisotopic (exact) mass is 383 g/mol. The summed E-state index contributed by atoms with van der Waals surface area (Å²) in [6.45, 7) is 0.284. The van der Waals surface area contributed by atoms with E-state index in [0.29, 0.717) is 17.7 Å². The van der Waals surface area contributed by atoms with Crippen molar-refractivity contribution in [2.75, 3.05) is 11.9 Å². The highest BCUT2D eigenvalue weighted by Crippen LogP contribution is 2.60.